The van der Waals surface area contributed by atoms with E-state index in [1.165, 1.54) is 0 Å². The maximum absolute atomic E-state index is 11.9. The molecule has 0 saturated carbocycles. The molecule has 2 rings (SSSR count). The molecule has 0 spiro atoms. The van der Waals surface area contributed by atoms with Crippen molar-refractivity contribution in [1.29, 1.82) is 0 Å². The van der Waals surface area contributed by atoms with Crippen molar-refractivity contribution in [3.63, 3.8) is 0 Å². The van der Waals surface area contributed by atoms with Crippen LogP contribution in [0.25, 0.3) is 0 Å². The molecule has 0 aromatic heterocycles. The summed E-state index contributed by atoms with van der Waals surface area (Å²) >= 11 is 0. The minimum atomic E-state index is -0.00236. The Labute approximate surface area is 108 Å². The van der Waals surface area contributed by atoms with Crippen LogP contribution in [0.1, 0.15) is 5.56 Å². The van der Waals surface area contributed by atoms with Gasteiger partial charge < -0.3 is 10.6 Å². The van der Waals surface area contributed by atoms with E-state index in [0.29, 0.717) is 12.1 Å². The van der Waals surface area contributed by atoms with E-state index in [1.807, 2.05) is 29.3 Å². The zero-order valence-corrected chi connectivity index (χ0v) is 10.7. The molecule has 0 aliphatic carbocycles. The Hall–Kier alpha value is -1.59. The SMILES string of the molecule is CN1CCN(NC(=O)Cc2ccccc2N)CC1. The topological polar surface area (TPSA) is 61.6 Å². The average Bonchev–Trinajstić information content (AvgIpc) is 2.35. The molecule has 1 aliphatic rings. The molecule has 1 heterocycles. The predicted octanol–water partition coefficient (Wildman–Crippen LogP) is 0.0899. The van der Waals surface area contributed by atoms with Crippen LogP contribution in [0.15, 0.2) is 24.3 Å². The molecular formula is C13H20N4O. The third kappa shape index (κ3) is 3.45. The number of nitrogen functional groups attached to an aromatic ring is 1. The summed E-state index contributed by atoms with van der Waals surface area (Å²) in [5.41, 5.74) is 10.3. The lowest BCUT2D eigenvalue weighted by molar-refractivity contribution is -0.126. The van der Waals surface area contributed by atoms with Crippen molar-refractivity contribution in [2.75, 3.05) is 39.0 Å². The molecule has 1 saturated heterocycles. The maximum Gasteiger partial charge on any atom is 0.238 e. The van der Waals surface area contributed by atoms with E-state index < -0.39 is 0 Å². The van der Waals surface area contributed by atoms with Crippen molar-refractivity contribution in [3.05, 3.63) is 29.8 Å². The molecule has 0 bridgehead atoms. The van der Waals surface area contributed by atoms with Gasteiger partial charge in [0.15, 0.2) is 0 Å². The number of hydrogen-bond acceptors (Lipinski definition) is 4. The number of anilines is 1. The first-order valence-corrected chi connectivity index (χ1v) is 6.21. The van der Waals surface area contributed by atoms with Crippen LogP contribution in [-0.4, -0.2) is 49.0 Å². The van der Waals surface area contributed by atoms with E-state index in [0.717, 1.165) is 31.7 Å². The fourth-order valence-electron chi connectivity index (χ4n) is 2.00. The molecule has 0 unspecified atom stereocenters. The molecule has 3 N–H and O–H groups in total. The zero-order valence-electron chi connectivity index (χ0n) is 10.7. The van der Waals surface area contributed by atoms with Gasteiger partial charge >= 0.3 is 0 Å². The van der Waals surface area contributed by atoms with Gasteiger partial charge in [0.1, 0.15) is 0 Å². The highest BCUT2D eigenvalue weighted by Gasteiger charge is 2.16. The van der Waals surface area contributed by atoms with Crippen LogP contribution >= 0.6 is 0 Å². The molecule has 18 heavy (non-hydrogen) atoms. The highest BCUT2D eigenvalue weighted by atomic mass is 16.2. The van der Waals surface area contributed by atoms with E-state index in [2.05, 4.69) is 17.4 Å². The molecule has 1 fully saturated rings. The molecule has 5 nitrogen and oxygen atoms in total. The van der Waals surface area contributed by atoms with Crippen molar-refractivity contribution in [3.8, 4) is 0 Å². The first kappa shape index (κ1) is 12.9. The number of benzene rings is 1. The highest BCUT2D eigenvalue weighted by Crippen LogP contribution is 2.11. The fourth-order valence-corrected chi connectivity index (χ4v) is 2.00. The smallest absolute Gasteiger partial charge is 0.238 e. The van der Waals surface area contributed by atoms with Crippen LogP contribution in [-0.2, 0) is 11.2 Å². The van der Waals surface area contributed by atoms with E-state index in [4.69, 9.17) is 5.73 Å². The number of para-hydroxylation sites is 1. The van der Waals surface area contributed by atoms with Gasteiger partial charge in [-0.1, -0.05) is 18.2 Å². The van der Waals surface area contributed by atoms with Gasteiger partial charge in [0.2, 0.25) is 5.91 Å². The van der Waals surface area contributed by atoms with Crippen LogP contribution in [0.5, 0.6) is 0 Å². The van der Waals surface area contributed by atoms with Gasteiger partial charge in [-0.2, -0.15) is 0 Å². The largest absolute Gasteiger partial charge is 0.398 e. The molecule has 0 radical (unpaired) electrons. The second-order valence-corrected chi connectivity index (χ2v) is 4.70. The highest BCUT2D eigenvalue weighted by molar-refractivity contribution is 5.79. The van der Waals surface area contributed by atoms with Crippen LogP contribution in [0.3, 0.4) is 0 Å². The quantitative estimate of drug-likeness (QED) is 0.744. The minimum absolute atomic E-state index is 0.00236. The average molecular weight is 248 g/mol. The Kier molecular flexibility index (Phi) is 4.17. The number of likely N-dealkylation sites (N-methyl/N-ethyl adjacent to an activating group) is 1. The van der Waals surface area contributed by atoms with Gasteiger partial charge in [0.05, 0.1) is 6.42 Å². The molecular weight excluding hydrogens is 228 g/mol. The summed E-state index contributed by atoms with van der Waals surface area (Å²) in [6.07, 6.45) is 0.332. The Balaban J connectivity index is 1.84. The molecule has 1 aromatic rings. The van der Waals surface area contributed by atoms with Crippen LogP contribution < -0.4 is 11.2 Å². The summed E-state index contributed by atoms with van der Waals surface area (Å²) in [5, 5.41) is 1.97. The number of carbonyl (C=O) groups excluding carboxylic acids is 1. The number of rotatable bonds is 3. The van der Waals surface area contributed by atoms with E-state index in [9.17, 15) is 4.79 Å². The van der Waals surface area contributed by atoms with Gasteiger partial charge in [-0.3, -0.25) is 10.2 Å². The number of nitrogens with two attached hydrogens (primary N) is 1. The summed E-state index contributed by atoms with van der Waals surface area (Å²) in [5.74, 6) is -0.00236. The van der Waals surface area contributed by atoms with Gasteiger partial charge in [-0.25, -0.2) is 5.01 Å². The standard InChI is InChI=1S/C13H20N4O/c1-16-6-8-17(9-7-16)15-13(18)10-11-4-2-3-5-12(11)14/h2-5H,6-10,14H2,1H3,(H,15,18). The molecule has 1 aromatic carbocycles. The Morgan fingerprint density at radius 3 is 2.61 bits per heavy atom. The number of nitrogens with one attached hydrogen (secondary N) is 1. The van der Waals surface area contributed by atoms with Crippen LogP contribution in [0, 0.1) is 0 Å². The molecule has 1 amide bonds. The third-order valence-corrected chi connectivity index (χ3v) is 3.19. The Morgan fingerprint density at radius 2 is 1.94 bits per heavy atom. The fraction of sp³-hybridized carbons (Fsp3) is 0.462. The summed E-state index contributed by atoms with van der Waals surface area (Å²) in [4.78, 5) is 14.1. The van der Waals surface area contributed by atoms with Crippen molar-refractivity contribution in [2.45, 2.75) is 6.42 Å². The number of hydrazine groups is 1. The van der Waals surface area contributed by atoms with E-state index in [1.54, 1.807) is 0 Å². The monoisotopic (exact) mass is 248 g/mol. The van der Waals surface area contributed by atoms with Gasteiger partial charge in [0.25, 0.3) is 0 Å². The lowest BCUT2D eigenvalue weighted by Crippen LogP contribution is -2.52. The normalized spacial score (nSPS) is 17.6. The molecule has 0 atom stereocenters. The second-order valence-electron chi connectivity index (χ2n) is 4.70. The first-order valence-electron chi connectivity index (χ1n) is 6.21. The number of amides is 1. The van der Waals surface area contributed by atoms with Crippen LogP contribution in [0.2, 0.25) is 0 Å². The molecule has 1 aliphatic heterocycles. The third-order valence-electron chi connectivity index (χ3n) is 3.19. The Bertz CT molecular complexity index is 413. The predicted molar refractivity (Wildman–Crippen MR) is 71.8 cm³/mol. The second kappa shape index (κ2) is 5.84. The lowest BCUT2D eigenvalue weighted by atomic mass is 10.1. The zero-order chi connectivity index (χ0) is 13.0. The van der Waals surface area contributed by atoms with Crippen molar-refractivity contribution in [1.82, 2.24) is 15.3 Å². The summed E-state index contributed by atoms with van der Waals surface area (Å²) in [7, 11) is 2.09. The number of piperazine rings is 1. The Morgan fingerprint density at radius 1 is 1.28 bits per heavy atom. The first-order chi connectivity index (χ1) is 8.65. The van der Waals surface area contributed by atoms with Crippen LogP contribution in [0.4, 0.5) is 5.69 Å². The van der Waals surface area contributed by atoms with Crippen molar-refractivity contribution in [2.24, 2.45) is 0 Å². The summed E-state index contributed by atoms with van der Waals surface area (Å²) < 4.78 is 0. The lowest BCUT2D eigenvalue weighted by Gasteiger charge is -2.32. The van der Waals surface area contributed by atoms with E-state index >= 15 is 0 Å². The number of carbonyl (C=O) groups is 1. The summed E-state index contributed by atoms with van der Waals surface area (Å²) in [6, 6.07) is 7.48. The molecule has 98 valence electrons. The van der Waals surface area contributed by atoms with Gasteiger partial charge in [-0.05, 0) is 18.7 Å². The summed E-state index contributed by atoms with van der Waals surface area (Å²) in [6.45, 7) is 3.69. The number of hydrogen-bond donors (Lipinski definition) is 2. The van der Waals surface area contributed by atoms with E-state index in [-0.39, 0.29) is 5.91 Å². The van der Waals surface area contributed by atoms with Crippen molar-refractivity contribution < 1.29 is 4.79 Å². The maximum atomic E-state index is 11.9. The minimum Gasteiger partial charge on any atom is -0.398 e. The number of nitrogens with zero attached hydrogens (tertiary/aromatic N) is 2. The van der Waals surface area contributed by atoms with Gasteiger partial charge in [-0.15, -0.1) is 0 Å². The van der Waals surface area contributed by atoms with Gasteiger partial charge in [0, 0.05) is 31.9 Å². The molecule has 5 heteroatoms. The van der Waals surface area contributed by atoms with Crippen molar-refractivity contribution >= 4 is 11.6 Å².